The number of H-pyrrole nitrogens is 3. The van der Waals surface area contributed by atoms with Crippen LogP contribution in [0.1, 0.15) is 93.3 Å². The summed E-state index contributed by atoms with van der Waals surface area (Å²) in [4.78, 5) is 45.1. The Labute approximate surface area is 296 Å². The van der Waals surface area contributed by atoms with Crippen LogP contribution in [-0.2, 0) is 22.4 Å². The summed E-state index contributed by atoms with van der Waals surface area (Å²) in [5.41, 5.74) is 8.82. The van der Waals surface area contributed by atoms with Gasteiger partial charge >= 0.3 is 5.97 Å². The van der Waals surface area contributed by atoms with Gasteiger partial charge in [-0.05, 0) is 93.6 Å². The molecule has 3 aromatic heterocycles. The highest BCUT2D eigenvalue weighted by atomic mass is 16.5. The highest BCUT2D eigenvalue weighted by Gasteiger charge is 2.13. The van der Waals surface area contributed by atoms with Gasteiger partial charge in [0.25, 0.3) is 0 Å². The number of fused-ring (bicyclic) bond motifs is 3. The van der Waals surface area contributed by atoms with E-state index in [9.17, 15) is 9.59 Å². The second-order valence-corrected chi connectivity index (χ2v) is 10.4. The monoisotopic (exact) mass is 684 g/mol. The van der Waals surface area contributed by atoms with Crippen LogP contribution in [0.15, 0.2) is 67.3 Å². The first kappa shape index (κ1) is 42.9. The van der Waals surface area contributed by atoms with Crippen molar-refractivity contribution in [2.45, 2.75) is 88.0 Å². The van der Waals surface area contributed by atoms with E-state index in [-0.39, 0.29) is 18.8 Å². The number of aromatic amines is 3. The number of hydrogen-bond donors (Lipinski definition) is 4. The fourth-order valence-electron chi connectivity index (χ4n) is 4.72. The Bertz CT molecular complexity index is 1900. The summed E-state index contributed by atoms with van der Waals surface area (Å²) in [5.74, 6) is 1.91. The maximum Gasteiger partial charge on any atom is 0.313 e. The molecule has 50 heavy (non-hydrogen) atoms. The van der Waals surface area contributed by atoms with Crippen molar-refractivity contribution in [2.75, 3.05) is 13.7 Å². The number of ketones is 1. The van der Waals surface area contributed by atoms with E-state index in [1.165, 1.54) is 18.2 Å². The van der Waals surface area contributed by atoms with Crippen molar-refractivity contribution >= 4 is 44.9 Å². The lowest BCUT2D eigenvalue weighted by Gasteiger charge is -1.99. The molecule has 0 fully saturated rings. The fourth-order valence-corrected chi connectivity index (χ4v) is 4.72. The molecule has 0 radical (unpaired) electrons. The molecule has 0 amide bonds. The van der Waals surface area contributed by atoms with Gasteiger partial charge in [-0.25, -0.2) is 15.0 Å². The number of hydrogen-bond acceptors (Lipinski definition) is 7. The lowest BCUT2D eigenvalue weighted by molar-refractivity contribution is -0.139. The predicted molar refractivity (Wildman–Crippen MR) is 207 cm³/mol. The molecule has 0 aliphatic rings. The molecule has 270 valence electrons. The summed E-state index contributed by atoms with van der Waals surface area (Å²) in [7, 11) is 1.26. The quantitative estimate of drug-likeness (QED) is 0.0541. The average Bonchev–Trinajstić information content (AvgIpc) is 3.83. The van der Waals surface area contributed by atoms with Gasteiger partial charge in [-0.1, -0.05) is 59.8 Å². The molecular weight excluding hydrogens is 628 g/mol. The average molecular weight is 685 g/mol. The van der Waals surface area contributed by atoms with E-state index in [4.69, 9.17) is 5.11 Å². The number of aliphatic hydroxyl groups excluding tert-OH is 1. The van der Waals surface area contributed by atoms with Crippen molar-refractivity contribution in [1.29, 1.82) is 0 Å². The molecule has 3 aromatic carbocycles. The third-order valence-corrected chi connectivity index (χ3v) is 6.79. The lowest BCUT2D eigenvalue weighted by Crippen LogP contribution is -2.09. The molecule has 10 heteroatoms. The Morgan fingerprint density at radius 3 is 1.62 bits per heavy atom. The molecule has 0 aliphatic heterocycles. The smallest absolute Gasteiger partial charge is 0.313 e. The van der Waals surface area contributed by atoms with Gasteiger partial charge in [-0.2, -0.15) is 0 Å². The largest absolute Gasteiger partial charge is 0.469 e. The number of ether oxygens (including phenoxy) is 1. The molecular formula is C40H56N6O4. The standard InChI is InChI=1S/C12H12N2O3.C11H14N2O.C11H12N2.3C2H6/c1-7-13-9-4-3-8(5-10(9)14-7)11(15)6-12(16)17-2;1-8-12-10-5-4-9(3-2-6-14)7-11(10)13-8;1-3-4-9-5-6-10-11(7-9)13-8(2)12-10;3*1-2/h3-5H,6H2,1-2H3,(H,13,14);4-5,7,14H,2-3,6H2,1H3,(H,12,13);3,5-7H,1,4H2,2H3,(H,12,13);3*1-2H3. The Kier molecular flexibility index (Phi) is 20.0. The van der Waals surface area contributed by atoms with Crippen LogP contribution in [0.4, 0.5) is 0 Å². The lowest BCUT2D eigenvalue weighted by atomic mass is 10.1. The number of benzene rings is 3. The topological polar surface area (TPSA) is 150 Å². The number of rotatable bonds is 8. The first-order valence-corrected chi connectivity index (χ1v) is 17.4. The highest BCUT2D eigenvalue weighted by molar-refractivity contribution is 6.07. The first-order chi connectivity index (χ1) is 24.2. The number of esters is 1. The van der Waals surface area contributed by atoms with Crippen molar-refractivity contribution in [3.63, 3.8) is 0 Å². The maximum absolute atomic E-state index is 11.7. The fraction of sp³-hybridized carbons (Fsp3) is 0.375. The number of carbonyl (C=O) groups is 2. The van der Waals surface area contributed by atoms with Crippen molar-refractivity contribution in [3.8, 4) is 0 Å². The SMILES string of the molecule is C=CCc1ccc2nc(C)[nH]c2c1.CC.CC.CC.COC(=O)CC(=O)c1ccc2nc(C)[nH]c2c1.Cc1nc2ccc(CCCO)cc2[nH]1. The molecule has 3 heterocycles. The van der Waals surface area contributed by atoms with Crippen LogP contribution in [0.3, 0.4) is 0 Å². The molecule has 0 saturated heterocycles. The summed E-state index contributed by atoms with van der Waals surface area (Å²) in [6.07, 6.45) is 4.32. The van der Waals surface area contributed by atoms with E-state index in [0.29, 0.717) is 5.56 Å². The van der Waals surface area contributed by atoms with Gasteiger partial charge in [-0.3, -0.25) is 9.59 Å². The van der Waals surface area contributed by atoms with E-state index in [1.807, 2.05) is 80.5 Å². The second-order valence-electron chi connectivity index (χ2n) is 10.4. The summed E-state index contributed by atoms with van der Waals surface area (Å²) < 4.78 is 4.45. The Balaban J connectivity index is 0.000000351. The molecule has 6 rings (SSSR count). The molecule has 0 saturated carbocycles. The molecule has 0 bridgehead atoms. The summed E-state index contributed by atoms with van der Waals surface area (Å²) in [6, 6.07) is 17.5. The van der Waals surface area contributed by atoms with Crippen molar-refractivity contribution < 1.29 is 19.4 Å². The van der Waals surface area contributed by atoms with Crippen LogP contribution in [0, 0.1) is 20.8 Å². The van der Waals surface area contributed by atoms with Crippen LogP contribution >= 0.6 is 0 Å². The summed E-state index contributed by atoms with van der Waals surface area (Å²) >= 11 is 0. The van der Waals surface area contributed by atoms with Crippen molar-refractivity contribution in [1.82, 2.24) is 29.9 Å². The van der Waals surface area contributed by atoms with Gasteiger partial charge in [0.1, 0.15) is 23.9 Å². The molecule has 0 unspecified atom stereocenters. The number of nitrogens with zero attached hydrogens (tertiary/aromatic N) is 3. The van der Waals surface area contributed by atoms with E-state index in [0.717, 1.165) is 69.8 Å². The minimum Gasteiger partial charge on any atom is -0.469 e. The third kappa shape index (κ3) is 13.4. The number of aliphatic hydroxyl groups is 1. The van der Waals surface area contributed by atoms with Gasteiger partial charge < -0.3 is 24.8 Å². The number of carbonyl (C=O) groups excluding carboxylic acids is 2. The zero-order valence-corrected chi connectivity index (χ0v) is 31.5. The Hall–Kier alpha value is -5.09. The number of imidazole rings is 3. The van der Waals surface area contributed by atoms with Crippen LogP contribution in [-0.4, -0.2) is 60.5 Å². The first-order valence-electron chi connectivity index (χ1n) is 17.4. The highest BCUT2D eigenvalue weighted by Crippen LogP contribution is 2.16. The second kappa shape index (κ2) is 23.3. The maximum atomic E-state index is 11.7. The molecule has 0 spiro atoms. The van der Waals surface area contributed by atoms with E-state index in [2.05, 4.69) is 65.5 Å². The normalized spacial score (nSPS) is 9.74. The number of allylic oxidation sites excluding steroid dienone is 1. The van der Waals surface area contributed by atoms with Gasteiger partial charge in [0.05, 0.1) is 40.2 Å². The minimum atomic E-state index is -0.532. The van der Waals surface area contributed by atoms with Gasteiger partial charge in [0.15, 0.2) is 5.78 Å². The minimum absolute atomic E-state index is 0.241. The third-order valence-electron chi connectivity index (χ3n) is 6.79. The van der Waals surface area contributed by atoms with Gasteiger partial charge in [0.2, 0.25) is 0 Å². The number of nitrogens with one attached hydrogen (secondary N) is 3. The molecule has 4 N–H and O–H groups in total. The number of Topliss-reactive ketones (excluding diaryl/α,β-unsaturated/α-hetero) is 1. The van der Waals surface area contributed by atoms with E-state index < -0.39 is 5.97 Å². The molecule has 10 nitrogen and oxygen atoms in total. The van der Waals surface area contributed by atoms with E-state index in [1.54, 1.807) is 18.2 Å². The van der Waals surface area contributed by atoms with E-state index >= 15 is 0 Å². The number of aromatic nitrogens is 6. The Morgan fingerprint density at radius 1 is 0.720 bits per heavy atom. The van der Waals surface area contributed by atoms with Gasteiger partial charge in [0, 0.05) is 12.2 Å². The molecule has 0 atom stereocenters. The van der Waals surface area contributed by atoms with Gasteiger partial charge in [-0.15, -0.1) is 6.58 Å². The van der Waals surface area contributed by atoms with Crippen molar-refractivity contribution in [3.05, 3.63) is 101 Å². The summed E-state index contributed by atoms with van der Waals surface area (Å²) in [5, 5.41) is 8.72. The van der Waals surface area contributed by atoms with Crippen LogP contribution < -0.4 is 0 Å². The summed E-state index contributed by atoms with van der Waals surface area (Å²) in [6.45, 7) is 21.7. The van der Waals surface area contributed by atoms with Crippen LogP contribution in [0.25, 0.3) is 33.1 Å². The number of methoxy groups -OCH3 is 1. The zero-order valence-electron chi connectivity index (χ0n) is 31.5. The van der Waals surface area contributed by atoms with Crippen LogP contribution in [0.2, 0.25) is 0 Å². The van der Waals surface area contributed by atoms with Crippen LogP contribution in [0.5, 0.6) is 0 Å². The Morgan fingerprint density at radius 2 is 1.16 bits per heavy atom. The zero-order chi connectivity index (χ0) is 37.6. The van der Waals surface area contributed by atoms with Crippen molar-refractivity contribution in [2.24, 2.45) is 0 Å². The predicted octanol–water partition coefficient (Wildman–Crippen LogP) is 9.09. The number of aryl methyl sites for hydroxylation is 4. The molecule has 0 aliphatic carbocycles. The molecule has 6 aromatic rings.